The smallest absolute Gasteiger partial charge is 0.307 e. The van der Waals surface area contributed by atoms with Gasteiger partial charge in [0.15, 0.2) is 0 Å². The summed E-state index contributed by atoms with van der Waals surface area (Å²) in [4.78, 5) is 9.98. The fourth-order valence-corrected chi connectivity index (χ4v) is 0.447. The van der Waals surface area contributed by atoms with Crippen molar-refractivity contribution >= 4 is 5.97 Å². The second-order valence-corrected chi connectivity index (χ2v) is 1.84. The Kier molecular flexibility index (Phi) is 5.79. The van der Waals surface area contributed by atoms with Crippen LogP contribution in [0.3, 0.4) is 0 Å². The average molecular weight is 156 g/mol. The van der Waals surface area contributed by atoms with Crippen molar-refractivity contribution in [3.8, 4) is 0 Å². The first-order chi connectivity index (χ1) is 5.27. The molecule has 0 aromatic rings. The quantitative estimate of drug-likeness (QED) is 0.491. The van der Waals surface area contributed by atoms with Gasteiger partial charge < -0.3 is 16.2 Å². The maximum atomic E-state index is 9.98. The summed E-state index contributed by atoms with van der Waals surface area (Å²) in [5.74, 6) is -0.836. The molecule has 0 atom stereocenters. The molecule has 0 heterocycles. The largest absolute Gasteiger partial charge is 0.481 e. The van der Waals surface area contributed by atoms with Gasteiger partial charge in [0.1, 0.15) is 0 Å². The lowest BCUT2D eigenvalue weighted by Gasteiger charge is -1.91. The van der Waals surface area contributed by atoms with Crippen LogP contribution >= 0.6 is 0 Å². The molecular formula is C7H12N2O2. The summed E-state index contributed by atoms with van der Waals surface area (Å²) in [6, 6.07) is 0. The van der Waals surface area contributed by atoms with E-state index in [4.69, 9.17) is 10.8 Å². The fourth-order valence-electron chi connectivity index (χ4n) is 0.447. The normalized spacial score (nSPS) is 10.9. The van der Waals surface area contributed by atoms with Crippen LogP contribution in [0.1, 0.15) is 6.42 Å². The van der Waals surface area contributed by atoms with Crippen molar-refractivity contribution in [2.45, 2.75) is 6.42 Å². The minimum Gasteiger partial charge on any atom is -0.481 e. The van der Waals surface area contributed by atoms with Crippen molar-refractivity contribution in [1.29, 1.82) is 0 Å². The molecule has 0 spiro atoms. The molecule has 0 aliphatic heterocycles. The van der Waals surface area contributed by atoms with Crippen molar-refractivity contribution in [3.63, 3.8) is 0 Å². The molecule has 4 N–H and O–H groups in total. The highest BCUT2D eigenvalue weighted by molar-refractivity contribution is 5.68. The first-order valence-corrected chi connectivity index (χ1v) is 3.24. The highest BCUT2D eigenvalue weighted by Crippen LogP contribution is 1.79. The van der Waals surface area contributed by atoms with Gasteiger partial charge in [-0.05, 0) is 18.5 Å². The van der Waals surface area contributed by atoms with E-state index in [1.807, 2.05) is 0 Å². The van der Waals surface area contributed by atoms with Crippen molar-refractivity contribution in [1.82, 2.24) is 5.32 Å². The van der Waals surface area contributed by atoms with Crippen molar-refractivity contribution < 1.29 is 9.90 Å². The minimum absolute atomic E-state index is 0.0410. The zero-order valence-electron chi connectivity index (χ0n) is 6.16. The van der Waals surface area contributed by atoms with Crippen LogP contribution in [0.15, 0.2) is 24.6 Å². The molecule has 0 aromatic heterocycles. The van der Waals surface area contributed by atoms with E-state index < -0.39 is 5.97 Å². The fraction of sp³-hybridized carbons (Fsp3) is 0.286. The third-order valence-electron chi connectivity index (χ3n) is 0.900. The first-order valence-electron chi connectivity index (χ1n) is 3.24. The van der Waals surface area contributed by atoms with Crippen LogP contribution < -0.4 is 11.1 Å². The second kappa shape index (κ2) is 6.67. The van der Waals surface area contributed by atoms with Gasteiger partial charge in [-0.1, -0.05) is 6.08 Å². The molecule has 0 bridgehead atoms. The SMILES string of the molecule is NC=CCNC=CCC(=O)O. The zero-order chi connectivity index (χ0) is 8.53. The van der Waals surface area contributed by atoms with Gasteiger partial charge in [0.05, 0.1) is 6.42 Å². The van der Waals surface area contributed by atoms with E-state index in [1.54, 1.807) is 12.3 Å². The maximum Gasteiger partial charge on any atom is 0.307 e. The molecule has 4 nitrogen and oxygen atoms in total. The molecular weight excluding hydrogens is 144 g/mol. The van der Waals surface area contributed by atoms with Crippen LogP contribution in [0.2, 0.25) is 0 Å². The number of nitrogens with one attached hydrogen (secondary N) is 1. The topological polar surface area (TPSA) is 75.3 Å². The number of hydrogen-bond acceptors (Lipinski definition) is 3. The molecule has 4 heteroatoms. The average Bonchev–Trinajstić information content (AvgIpc) is 1.96. The Morgan fingerprint density at radius 1 is 1.55 bits per heavy atom. The summed E-state index contributed by atoms with van der Waals surface area (Å²) >= 11 is 0. The predicted molar refractivity (Wildman–Crippen MR) is 42.7 cm³/mol. The number of carboxylic acids is 1. The third kappa shape index (κ3) is 8.55. The summed E-state index contributed by atoms with van der Waals surface area (Å²) < 4.78 is 0. The lowest BCUT2D eigenvalue weighted by molar-refractivity contribution is -0.136. The van der Waals surface area contributed by atoms with Gasteiger partial charge in [0, 0.05) is 6.54 Å². The minimum atomic E-state index is -0.836. The Balaban J connectivity index is 3.23. The highest BCUT2D eigenvalue weighted by atomic mass is 16.4. The Labute approximate surface area is 65.4 Å². The maximum absolute atomic E-state index is 9.98. The molecule has 11 heavy (non-hydrogen) atoms. The molecule has 0 aromatic carbocycles. The summed E-state index contributed by atoms with van der Waals surface area (Å²) in [6.45, 7) is 0.618. The van der Waals surface area contributed by atoms with Crippen LogP contribution in [-0.2, 0) is 4.79 Å². The van der Waals surface area contributed by atoms with E-state index in [-0.39, 0.29) is 6.42 Å². The van der Waals surface area contributed by atoms with Gasteiger partial charge in [-0.2, -0.15) is 0 Å². The molecule has 0 fully saturated rings. The number of aliphatic carboxylic acids is 1. The van der Waals surface area contributed by atoms with Crippen molar-refractivity contribution in [2.24, 2.45) is 5.73 Å². The monoisotopic (exact) mass is 156 g/mol. The standard InChI is InChI=1S/C7H12N2O2/c8-4-2-6-9-5-1-3-7(10)11/h1-2,4-5,9H,3,6,8H2,(H,10,11). The van der Waals surface area contributed by atoms with Crippen LogP contribution in [0.4, 0.5) is 0 Å². The van der Waals surface area contributed by atoms with Gasteiger partial charge in [0.25, 0.3) is 0 Å². The highest BCUT2D eigenvalue weighted by Gasteiger charge is 1.86. The molecule has 0 amide bonds. The molecule has 0 saturated carbocycles. The number of rotatable bonds is 5. The van der Waals surface area contributed by atoms with Crippen molar-refractivity contribution in [3.05, 3.63) is 24.6 Å². The Morgan fingerprint density at radius 2 is 2.27 bits per heavy atom. The molecule has 0 aliphatic rings. The molecule has 0 saturated heterocycles. The van der Waals surface area contributed by atoms with Gasteiger partial charge in [-0.3, -0.25) is 4.79 Å². The van der Waals surface area contributed by atoms with E-state index >= 15 is 0 Å². The lowest BCUT2D eigenvalue weighted by atomic mass is 10.4. The predicted octanol–water partition coefficient (Wildman–Crippen LogP) is 0.0368. The molecule has 0 radical (unpaired) electrons. The number of hydrogen-bond donors (Lipinski definition) is 3. The lowest BCUT2D eigenvalue weighted by Crippen LogP contribution is -2.04. The molecule has 0 unspecified atom stereocenters. The van der Waals surface area contributed by atoms with E-state index in [0.29, 0.717) is 6.54 Å². The van der Waals surface area contributed by atoms with Gasteiger partial charge in [-0.25, -0.2) is 0 Å². The van der Waals surface area contributed by atoms with E-state index in [2.05, 4.69) is 5.32 Å². The first kappa shape index (κ1) is 9.55. The number of nitrogens with two attached hydrogens (primary N) is 1. The third-order valence-corrected chi connectivity index (χ3v) is 0.900. The summed E-state index contributed by atoms with van der Waals surface area (Å²) in [5.41, 5.74) is 5.05. The van der Waals surface area contributed by atoms with E-state index in [1.165, 1.54) is 12.3 Å². The van der Waals surface area contributed by atoms with Crippen LogP contribution in [0, 0.1) is 0 Å². The van der Waals surface area contributed by atoms with E-state index in [9.17, 15) is 4.79 Å². The summed E-state index contributed by atoms with van der Waals surface area (Å²) in [7, 11) is 0. The summed E-state index contributed by atoms with van der Waals surface area (Å²) in [6.07, 6.45) is 6.32. The Hall–Kier alpha value is -1.45. The second-order valence-electron chi connectivity index (χ2n) is 1.84. The van der Waals surface area contributed by atoms with Crippen LogP contribution in [0.25, 0.3) is 0 Å². The van der Waals surface area contributed by atoms with Gasteiger partial charge >= 0.3 is 5.97 Å². The van der Waals surface area contributed by atoms with E-state index in [0.717, 1.165) is 0 Å². The number of carboxylic acid groups (broad SMARTS) is 1. The van der Waals surface area contributed by atoms with Crippen LogP contribution in [0.5, 0.6) is 0 Å². The molecule has 62 valence electrons. The summed E-state index contributed by atoms with van der Waals surface area (Å²) in [5, 5.41) is 11.0. The van der Waals surface area contributed by atoms with Crippen molar-refractivity contribution in [2.75, 3.05) is 6.54 Å². The number of carbonyl (C=O) groups is 1. The van der Waals surface area contributed by atoms with Gasteiger partial charge in [-0.15, -0.1) is 0 Å². The zero-order valence-corrected chi connectivity index (χ0v) is 6.16. The van der Waals surface area contributed by atoms with Crippen LogP contribution in [-0.4, -0.2) is 17.6 Å². The van der Waals surface area contributed by atoms with Gasteiger partial charge in [0.2, 0.25) is 0 Å². The molecule has 0 rings (SSSR count). The Morgan fingerprint density at radius 3 is 2.82 bits per heavy atom. The molecule has 0 aliphatic carbocycles. The Bertz CT molecular complexity index is 164.